The van der Waals surface area contributed by atoms with Crippen LogP contribution in [-0.2, 0) is 11.2 Å². The molecule has 0 radical (unpaired) electrons. The molecule has 5 nitrogen and oxygen atoms in total. The van der Waals surface area contributed by atoms with Gasteiger partial charge in [-0.15, -0.1) is 0 Å². The lowest BCUT2D eigenvalue weighted by atomic mass is 10.1. The van der Waals surface area contributed by atoms with Crippen LogP contribution in [0.5, 0.6) is 0 Å². The Labute approximate surface area is 116 Å². The minimum Gasteiger partial charge on any atom is -0.385 e. The van der Waals surface area contributed by atoms with E-state index in [0.717, 1.165) is 5.56 Å². The molecule has 0 saturated carbocycles. The second-order valence-electron chi connectivity index (χ2n) is 4.24. The number of methoxy groups -OCH3 is 1. The monoisotopic (exact) mass is 281 g/mol. The fourth-order valence-electron chi connectivity index (χ4n) is 1.64. The molecule has 0 aliphatic heterocycles. The van der Waals surface area contributed by atoms with Crippen molar-refractivity contribution >= 4 is 11.6 Å². The minimum atomic E-state index is -0.286. The Morgan fingerprint density at radius 1 is 1.37 bits per heavy atom. The smallest absolute Gasteiger partial charge is 0.243 e. The van der Waals surface area contributed by atoms with Gasteiger partial charge in [0, 0.05) is 25.2 Å². The first kappa shape index (κ1) is 14.0. The number of benzene rings is 1. The van der Waals surface area contributed by atoms with Crippen molar-refractivity contribution < 1.29 is 9.26 Å². The van der Waals surface area contributed by atoms with Crippen LogP contribution in [-0.4, -0.2) is 23.9 Å². The van der Waals surface area contributed by atoms with Crippen molar-refractivity contribution in [2.45, 2.75) is 18.9 Å². The molecular weight excluding hydrogens is 266 g/mol. The van der Waals surface area contributed by atoms with Gasteiger partial charge in [-0.2, -0.15) is 4.98 Å². The lowest BCUT2D eigenvalue weighted by Gasteiger charge is -2.04. The highest BCUT2D eigenvalue weighted by Gasteiger charge is 2.14. The minimum absolute atomic E-state index is 0.286. The molecule has 0 saturated heterocycles. The van der Waals surface area contributed by atoms with Crippen LogP contribution >= 0.6 is 11.6 Å². The Morgan fingerprint density at radius 3 is 2.79 bits per heavy atom. The van der Waals surface area contributed by atoms with Crippen LogP contribution in [0.15, 0.2) is 28.8 Å². The van der Waals surface area contributed by atoms with Gasteiger partial charge in [-0.05, 0) is 24.1 Å². The van der Waals surface area contributed by atoms with Gasteiger partial charge in [-0.1, -0.05) is 28.9 Å². The van der Waals surface area contributed by atoms with E-state index in [0.29, 0.717) is 36.2 Å². The summed E-state index contributed by atoms with van der Waals surface area (Å²) in [6.45, 7) is 0.566. The largest absolute Gasteiger partial charge is 0.385 e. The summed E-state index contributed by atoms with van der Waals surface area (Å²) in [7, 11) is 1.63. The molecule has 0 aliphatic carbocycles. The summed E-state index contributed by atoms with van der Waals surface area (Å²) in [5.41, 5.74) is 6.99. The molecule has 1 atom stereocenters. The van der Waals surface area contributed by atoms with E-state index in [9.17, 15) is 0 Å². The molecule has 6 heteroatoms. The molecule has 2 rings (SSSR count). The third kappa shape index (κ3) is 4.02. The fourth-order valence-corrected chi connectivity index (χ4v) is 1.77. The van der Waals surface area contributed by atoms with E-state index < -0.39 is 0 Å². The maximum atomic E-state index is 5.91. The van der Waals surface area contributed by atoms with Gasteiger partial charge in [0.15, 0.2) is 5.82 Å². The molecular formula is C13H16ClN3O2. The van der Waals surface area contributed by atoms with E-state index in [1.807, 2.05) is 24.3 Å². The van der Waals surface area contributed by atoms with E-state index in [2.05, 4.69) is 10.1 Å². The van der Waals surface area contributed by atoms with Crippen LogP contribution in [0.3, 0.4) is 0 Å². The third-order valence-corrected chi connectivity index (χ3v) is 2.96. The summed E-state index contributed by atoms with van der Waals surface area (Å²) in [6.07, 6.45) is 1.25. The maximum Gasteiger partial charge on any atom is 0.243 e. The van der Waals surface area contributed by atoms with Crippen LogP contribution in [0.4, 0.5) is 0 Å². The first-order valence-corrected chi connectivity index (χ1v) is 6.38. The molecule has 1 aromatic heterocycles. The van der Waals surface area contributed by atoms with Gasteiger partial charge in [0.25, 0.3) is 0 Å². The van der Waals surface area contributed by atoms with E-state index in [4.69, 9.17) is 26.6 Å². The van der Waals surface area contributed by atoms with Crippen molar-refractivity contribution in [1.29, 1.82) is 0 Å². The highest BCUT2D eigenvalue weighted by atomic mass is 35.5. The van der Waals surface area contributed by atoms with Gasteiger partial charge in [0.05, 0.1) is 6.04 Å². The van der Waals surface area contributed by atoms with E-state index in [-0.39, 0.29) is 6.04 Å². The van der Waals surface area contributed by atoms with E-state index in [1.54, 1.807) is 7.11 Å². The summed E-state index contributed by atoms with van der Waals surface area (Å²) in [5.74, 6) is 1.06. The predicted molar refractivity (Wildman–Crippen MR) is 72.0 cm³/mol. The van der Waals surface area contributed by atoms with Gasteiger partial charge < -0.3 is 15.0 Å². The second kappa shape index (κ2) is 6.65. The van der Waals surface area contributed by atoms with Crippen LogP contribution < -0.4 is 5.73 Å². The maximum absolute atomic E-state index is 5.91. The Bertz CT molecular complexity index is 513. The average Bonchev–Trinajstić information content (AvgIpc) is 2.87. The van der Waals surface area contributed by atoms with Crippen molar-refractivity contribution in [3.8, 4) is 0 Å². The zero-order valence-corrected chi connectivity index (χ0v) is 11.4. The molecule has 102 valence electrons. The fraction of sp³-hybridized carbons (Fsp3) is 0.385. The lowest BCUT2D eigenvalue weighted by molar-refractivity contribution is 0.182. The molecule has 0 bridgehead atoms. The van der Waals surface area contributed by atoms with Crippen molar-refractivity contribution in [3.05, 3.63) is 46.6 Å². The zero-order chi connectivity index (χ0) is 13.7. The van der Waals surface area contributed by atoms with Gasteiger partial charge >= 0.3 is 0 Å². The molecule has 0 aliphatic rings. The summed E-state index contributed by atoms with van der Waals surface area (Å²) in [5, 5.41) is 4.63. The van der Waals surface area contributed by atoms with Crippen LogP contribution in [0.1, 0.15) is 29.7 Å². The molecule has 1 unspecified atom stereocenters. The Balaban J connectivity index is 1.98. The summed E-state index contributed by atoms with van der Waals surface area (Å²) < 4.78 is 10.1. The van der Waals surface area contributed by atoms with Crippen molar-refractivity contribution in [2.75, 3.05) is 13.7 Å². The standard InChI is InChI=1S/C13H16ClN3O2/c1-18-7-6-11(15)13-16-12(17-19-13)8-9-2-4-10(14)5-3-9/h2-5,11H,6-8,15H2,1H3. The van der Waals surface area contributed by atoms with E-state index >= 15 is 0 Å². The SMILES string of the molecule is COCCC(N)c1nc(Cc2ccc(Cl)cc2)no1. The van der Waals surface area contributed by atoms with Gasteiger partial charge in [-0.25, -0.2) is 0 Å². The van der Waals surface area contributed by atoms with E-state index in [1.165, 1.54) is 0 Å². The lowest BCUT2D eigenvalue weighted by Crippen LogP contribution is -2.13. The van der Waals surface area contributed by atoms with Crippen LogP contribution in [0, 0.1) is 0 Å². The number of nitrogens with two attached hydrogens (primary N) is 1. The van der Waals surface area contributed by atoms with Gasteiger partial charge in [-0.3, -0.25) is 0 Å². The summed E-state index contributed by atoms with van der Waals surface area (Å²) in [4.78, 5) is 4.29. The first-order chi connectivity index (χ1) is 9.19. The average molecular weight is 282 g/mol. The molecule has 0 spiro atoms. The van der Waals surface area contributed by atoms with Gasteiger partial charge in [0.1, 0.15) is 0 Å². The van der Waals surface area contributed by atoms with Crippen molar-refractivity contribution in [2.24, 2.45) is 5.73 Å². The zero-order valence-electron chi connectivity index (χ0n) is 10.7. The van der Waals surface area contributed by atoms with Crippen molar-refractivity contribution in [3.63, 3.8) is 0 Å². The predicted octanol–water partition coefficient (Wildman–Crippen LogP) is 2.35. The molecule has 2 N–H and O–H groups in total. The number of aromatic nitrogens is 2. The Morgan fingerprint density at radius 2 is 2.11 bits per heavy atom. The first-order valence-electron chi connectivity index (χ1n) is 6.00. The number of ether oxygens (including phenoxy) is 1. The quantitative estimate of drug-likeness (QED) is 0.880. The third-order valence-electron chi connectivity index (χ3n) is 2.71. The molecule has 0 fully saturated rings. The second-order valence-corrected chi connectivity index (χ2v) is 4.68. The number of halogens is 1. The number of hydrogen-bond acceptors (Lipinski definition) is 5. The highest BCUT2D eigenvalue weighted by molar-refractivity contribution is 6.30. The van der Waals surface area contributed by atoms with Crippen LogP contribution in [0.2, 0.25) is 5.02 Å². The van der Waals surface area contributed by atoms with Gasteiger partial charge in [0.2, 0.25) is 5.89 Å². The topological polar surface area (TPSA) is 74.2 Å². The number of rotatable bonds is 6. The Kier molecular flexibility index (Phi) is 4.90. The van der Waals surface area contributed by atoms with Crippen LogP contribution in [0.25, 0.3) is 0 Å². The molecule has 2 aromatic rings. The molecule has 0 amide bonds. The molecule has 1 heterocycles. The normalized spacial score (nSPS) is 12.6. The molecule has 19 heavy (non-hydrogen) atoms. The van der Waals surface area contributed by atoms with Crippen molar-refractivity contribution in [1.82, 2.24) is 10.1 Å². The number of nitrogens with zero attached hydrogens (tertiary/aromatic N) is 2. The molecule has 1 aromatic carbocycles. The number of hydrogen-bond donors (Lipinski definition) is 1. The highest BCUT2D eigenvalue weighted by Crippen LogP contribution is 2.15. The summed E-state index contributed by atoms with van der Waals surface area (Å²) in [6, 6.07) is 7.25. The Hall–Kier alpha value is -1.43. The summed E-state index contributed by atoms with van der Waals surface area (Å²) >= 11 is 5.83.